The standard InChI is InChI=1S/C19H18O3/c1-3-12-5-4-6-14-13(12)7-8-16(19(14)22)15-9-10-17(20)11(2)18(15)21/h4-6H,2-3,7-10H2,1H3/b16-15-. The first kappa shape index (κ1) is 14.6. The highest BCUT2D eigenvalue weighted by Gasteiger charge is 2.32. The zero-order valence-corrected chi connectivity index (χ0v) is 12.7. The summed E-state index contributed by atoms with van der Waals surface area (Å²) in [5.74, 6) is -0.594. The van der Waals surface area contributed by atoms with Crippen LogP contribution in [0.15, 0.2) is 41.5 Å². The molecular formula is C19H18O3. The molecule has 0 unspecified atom stereocenters. The van der Waals surface area contributed by atoms with Gasteiger partial charge in [-0.3, -0.25) is 14.4 Å². The van der Waals surface area contributed by atoms with Gasteiger partial charge in [0.2, 0.25) is 0 Å². The quantitative estimate of drug-likeness (QED) is 0.590. The van der Waals surface area contributed by atoms with Crippen LogP contribution in [-0.2, 0) is 22.4 Å². The first-order valence-electron chi connectivity index (χ1n) is 7.68. The minimum atomic E-state index is -0.338. The molecule has 3 heteroatoms. The lowest BCUT2D eigenvalue weighted by Gasteiger charge is -2.24. The van der Waals surface area contributed by atoms with Crippen LogP contribution in [0.1, 0.15) is 47.7 Å². The molecule has 0 atom stereocenters. The number of hydrogen-bond acceptors (Lipinski definition) is 3. The molecule has 0 bridgehead atoms. The minimum Gasteiger partial charge on any atom is -0.294 e. The molecule has 2 aliphatic rings. The molecule has 1 fully saturated rings. The fourth-order valence-electron chi connectivity index (χ4n) is 3.39. The maximum absolute atomic E-state index is 12.8. The van der Waals surface area contributed by atoms with Crippen LogP contribution >= 0.6 is 0 Å². The number of ketones is 3. The van der Waals surface area contributed by atoms with Crippen molar-refractivity contribution in [1.29, 1.82) is 0 Å². The van der Waals surface area contributed by atoms with Gasteiger partial charge in [0, 0.05) is 23.1 Å². The summed E-state index contributed by atoms with van der Waals surface area (Å²) in [6.07, 6.45) is 2.88. The van der Waals surface area contributed by atoms with Crippen LogP contribution in [0, 0.1) is 0 Å². The molecule has 3 nitrogen and oxygen atoms in total. The van der Waals surface area contributed by atoms with Crippen LogP contribution in [-0.4, -0.2) is 17.3 Å². The van der Waals surface area contributed by atoms with Crippen molar-refractivity contribution in [2.24, 2.45) is 0 Å². The Hall–Kier alpha value is -2.29. The summed E-state index contributed by atoms with van der Waals surface area (Å²) in [5, 5.41) is 0. The molecule has 2 aliphatic carbocycles. The molecule has 0 N–H and O–H groups in total. The average molecular weight is 294 g/mol. The normalized spacial score (nSPS) is 22.0. The Kier molecular flexibility index (Phi) is 3.65. The first-order valence-corrected chi connectivity index (χ1v) is 7.68. The van der Waals surface area contributed by atoms with Crippen molar-refractivity contribution in [3.63, 3.8) is 0 Å². The third-order valence-corrected chi connectivity index (χ3v) is 4.65. The zero-order valence-electron chi connectivity index (χ0n) is 12.7. The van der Waals surface area contributed by atoms with Gasteiger partial charge >= 0.3 is 0 Å². The molecule has 1 saturated carbocycles. The van der Waals surface area contributed by atoms with Gasteiger partial charge in [0.05, 0.1) is 5.57 Å². The Morgan fingerprint density at radius 3 is 2.36 bits per heavy atom. The molecule has 3 rings (SSSR count). The Labute approximate surface area is 129 Å². The molecule has 0 heterocycles. The van der Waals surface area contributed by atoms with Crippen LogP contribution in [0.25, 0.3) is 0 Å². The molecule has 0 saturated heterocycles. The predicted octanol–water partition coefficient (Wildman–Crippen LogP) is 3.16. The molecule has 0 amide bonds. The van der Waals surface area contributed by atoms with Gasteiger partial charge in [-0.1, -0.05) is 31.7 Å². The van der Waals surface area contributed by atoms with Crippen molar-refractivity contribution < 1.29 is 14.4 Å². The zero-order chi connectivity index (χ0) is 15.9. The van der Waals surface area contributed by atoms with Crippen LogP contribution in [0.4, 0.5) is 0 Å². The van der Waals surface area contributed by atoms with E-state index in [1.54, 1.807) is 0 Å². The van der Waals surface area contributed by atoms with E-state index < -0.39 is 0 Å². The molecule has 0 spiro atoms. The Balaban J connectivity index is 2.07. The van der Waals surface area contributed by atoms with Gasteiger partial charge in [-0.2, -0.15) is 0 Å². The van der Waals surface area contributed by atoms with Gasteiger partial charge in [-0.25, -0.2) is 0 Å². The van der Waals surface area contributed by atoms with Gasteiger partial charge in [0.1, 0.15) is 0 Å². The van der Waals surface area contributed by atoms with Crippen molar-refractivity contribution in [2.75, 3.05) is 0 Å². The lowest BCUT2D eigenvalue weighted by Crippen LogP contribution is -2.26. The second kappa shape index (κ2) is 5.48. The van der Waals surface area contributed by atoms with Crippen molar-refractivity contribution in [3.8, 4) is 0 Å². The van der Waals surface area contributed by atoms with E-state index in [4.69, 9.17) is 0 Å². The fraction of sp³-hybridized carbons (Fsp3) is 0.316. The first-order chi connectivity index (χ1) is 10.5. The number of fused-ring (bicyclic) bond motifs is 1. The number of rotatable bonds is 1. The molecule has 112 valence electrons. The number of carbonyl (C=O) groups is 3. The maximum atomic E-state index is 12.8. The largest absolute Gasteiger partial charge is 0.294 e. The highest BCUT2D eigenvalue weighted by molar-refractivity contribution is 6.30. The molecule has 1 aromatic carbocycles. The number of Topliss-reactive ketones (excluding diaryl/α,β-unsaturated/α-hetero) is 3. The number of benzene rings is 1. The smallest absolute Gasteiger partial charge is 0.192 e. The lowest BCUT2D eigenvalue weighted by molar-refractivity contribution is -0.121. The summed E-state index contributed by atoms with van der Waals surface area (Å²) in [5.41, 5.74) is 4.13. The summed E-state index contributed by atoms with van der Waals surface area (Å²) < 4.78 is 0. The van der Waals surface area contributed by atoms with E-state index in [0.717, 1.165) is 18.4 Å². The Morgan fingerprint density at radius 2 is 1.64 bits per heavy atom. The molecule has 0 aliphatic heterocycles. The number of allylic oxidation sites excluding steroid dienone is 3. The summed E-state index contributed by atoms with van der Waals surface area (Å²) in [7, 11) is 0. The van der Waals surface area contributed by atoms with Crippen molar-refractivity contribution in [3.05, 3.63) is 58.2 Å². The van der Waals surface area contributed by atoms with E-state index in [9.17, 15) is 14.4 Å². The third-order valence-electron chi connectivity index (χ3n) is 4.65. The van der Waals surface area contributed by atoms with Gasteiger partial charge in [-0.15, -0.1) is 0 Å². The monoisotopic (exact) mass is 294 g/mol. The van der Waals surface area contributed by atoms with E-state index in [2.05, 4.69) is 19.6 Å². The van der Waals surface area contributed by atoms with E-state index in [0.29, 0.717) is 29.6 Å². The van der Waals surface area contributed by atoms with Gasteiger partial charge in [0.25, 0.3) is 0 Å². The van der Waals surface area contributed by atoms with E-state index >= 15 is 0 Å². The van der Waals surface area contributed by atoms with Gasteiger partial charge in [0.15, 0.2) is 17.3 Å². The summed E-state index contributed by atoms with van der Waals surface area (Å²) in [6.45, 7) is 5.65. The fourth-order valence-corrected chi connectivity index (χ4v) is 3.39. The summed E-state index contributed by atoms with van der Waals surface area (Å²) >= 11 is 0. The van der Waals surface area contributed by atoms with E-state index in [1.165, 1.54) is 5.56 Å². The van der Waals surface area contributed by atoms with E-state index in [-0.39, 0.29) is 29.3 Å². The third kappa shape index (κ3) is 2.17. The van der Waals surface area contributed by atoms with Crippen LogP contribution in [0.5, 0.6) is 0 Å². The summed E-state index contributed by atoms with van der Waals surface area (Å²) in [4.78, 5) is 36.6. The number of aryl methyl sites for hydroxylation is 1. The van der Waals surface area contributed by atoms with Crippen LogP contribution in [0.3, 0.4) is 0 Å². The SMILES string of the molecule is C=C1C(=O)CC/C(=C2\CCc3c(CC)cccc3C2=O)C1=O. The molecule has 1 aromatic rings. The van der Waals surface area contributed by atoms with Gasteiger partial charge in [-0.05, 0) is 36.8 Å². The van der Waals surface area contributed by atoms with E-state index in [1.807, 2.05) is 12.1 Å². The molecule has 0 aromatic heterocycles. The maximum Gasteiger partial charge on any atom is 0.192 e. The topological polar surface area (TPSA) is 51.2 Å². The van der Waals surface area contributed by atoms with Gasteiger partial charge < -0.3 is 0 Å². The second-order valence-electron chi connectivity index (χ2n) is 5.81. The molecule has 22 heavy (non-hydrogen) atoms. The van der Waals surface area contributed by atoms with Crippen LogP contribution in [0.2, 0.25) is 0 Å². The average Bonchev–Trinajstić information content (AvgIpc) is 2.53. The number of hydrogen-bond donors (Lipinski definition) is 0. The predicted molar refractivity (Wildman–Crippen MR) is 83.9 cm³/mol. The second-order valence-corrected chi connectivity index (χ2v) is 5.81. The highest BCUT2D eigenvalue weighted by atomic mass is 16.2. The van der Waals surface area contributed by atoms with Crippen LogP contribution < -0.4 is 0 Å². The number of carbonyl (C=O) groups excluding carboxylic acids is 3. The minimum absolute atomic E-state index is 0.0228. The summed E-state index contributed by atoms with van der Waals surface area (Å²) in [6, 6.07) is 5.79. The van der Waals surface area contributed by atoms with Crippen molar-refractivity contribution >= 4 is 17.3 Å². The lowest BCUT2D eigenvalue weighted by atomic mass is 9.77. The molecule has 0 radical (unpaired) electrons. The van der Waals surface area contributed by atoms with Crippen molar-refractivity contribution in [1.82, 2.24) is 0 Å². The Bertz CT molecular complexity index is 750. The Morgan fingerprint density at radius 1 is 0.955 bits per heavy atom. The molecular weight excluding hydrogens is 276 g/mol. The highest BCUT2D eigenvalue weighted by Crippen LogP contribution is 2.33. The van der Waals surface area contributed by atoms with Crippen molar-refractivity contribution in [2.45, 2.75) is 39.0 Å².